The maximum Gasteiger partial charge on any atom is 0.255 e. The quantitative estimate of drug-likeness (QED) is 0.653. The van der Waals surface area contributed by atoms with Crippen LogP contribution in [0.1, 0.15) is 36.0 Å². The number of carbonyl (C=O) groups is 1. The van der Waals surface area contributed by atoms with Crippen molar-refractivity contribution in [2.45, 2.75) is 37.8 Å². The summed E-state index contributed by atoms with van der Waals surface area (Å²) in [6.45, 7) is 1.47. The van der Waals surface area contributed by atoms with Crippen molar-refractivity contribution < 1.29 is 9.53 Å². The Balaban J connectivity index is 1.18. The number of amides is 1. The fourth-order valence-electron chi connectivity index (χ4n) is 3.90. The van der Waals surface area contributed by atoms with Crippen molar-refractivity contribution in [1.29, 1.82) is 0 Å². The molecule has 9 nitrogen and oxygen atoms in total. The lowest BCUT2D eigenvalue weighted by atomic mass is 10.1. The van der Waals surface area contributed by atoms with Gasteiger partial charge in [-0.25, -0.2) is 4.98 Å². The van der Waals surface area contributed by atoms with Crippen LogP contribution in [0.2, 0.25) is 0 Å². The number of anilines is 1. The van der Waals surface area contributed by atoms with Gasteiger partial charge in [-0.1, -0.05) is 0 Å². The second-order valence-electron chi connectivity index (χ2n) is 7.71. The Morgan fingerprint density at radius 3 is 2.76 bits per heavy atom. The third kappa shape index (κ3) is 3.48. The Bertz CT molecular complexity index is 1010. The van der Waals surface area contributed by atoms with Crippen LogP contribution in [0, 0.1) is 0 Å². The van der Waals surface area contributed by atoms with Gasteiger partial charge in [0.25, 0.3) is 5.91 Å². The Labute approximate surface area is 168 Å². The molecule has 9 heteroatoms. The van der Waals surface area contributed by atoms with Gasteiger partial charge in [0.1, 0.15) is 18.2 Å². The van der Waals surface area contributed by atoms with Gasteiger partial charge in [0, 0.05) is 32.4 Å². The number of pyridine rings is 1. The number of hydrogen-bond donors (Lipinski definition) is 0. The zero-order valence-corrected chi connectivity index (χ0v) is 16.3. The number of aromatic nitrogens is 5. The highest BCUT2D eigenvalue weighted by molar-refractivity contribution is 5.94. The predicted molar refractivity (Wildman–Crippen MR) is 106 cm³/mol. The van der Waals surface area contributed by atoms with E-state index in [-0.39, 0.29) is 18.1 Å². The van der Waals surface area contributed by atoms with Crippen molar-refractivity contribution in [1.82, 2.24) is 29.7 Å². The molecule has 0 unspecified atom stereocenters. The molecule has 29 heavy (non-hydrogen) atoms. The average Bonchev–Trinajstić information content (AvgIpc) is 3.38. The number of ether oxygens (including phenoxy) is 1. The van der Waals surface area contributed by atoms with Crippen LogP contribution in [-0.2, 0) is 0 Å². The molecule has 1 saturated heterocycles. The molecule has 1 saturated carbocycles. The molecule has 0 aromatic carbocycles. The van der Waals surface area contributed by atoms with Gasteiger partial charge in [0.2, 0.25) is 5.88 Å². The number of likely N-dealkylation sites (N-methyl/N-ethyl adjacent to an activating group) is 1. The number of hydrogen-bond acceptors (Lipinski definition) is 7. The monoisotopic (exact) mass is 393 g/mol. The van der Waals surface area contributed by atoms with Crippen LogP contribution in [0.25, 0.3) is 5.65 Å². The highest BCUT2D eigenvalue weighted by Crippen LogP contribution is 2.24. The molecule has 1 aliphatic carbocycles. The van der Waals surface area contributed by atoms with Crippen LogP contribution in [0.15, 0.2) is 36.8 Å². The standard InChI is InChI=1S/C20H23N7O2/c1-25(15-11-26(12-15)18-8-7-17-23-22-13-27(17)24-18)20(28)14-6-9-19(21-10-14)29-16-4-2-3-5-16/h6-10,13,15-16H,2-5,11-12H2,1H3. The Kier molecular flexibility index (Phi) is 4.49. The van der Waals surface area contributed by atoms with Crippen LogP contribution in [0.3, 0.4) is 0 Å². The van der Waals surface area contributed by atoms with E-state index < -0.39 is 0 Å². The lowest BCUT2D eigenvalue weighted by Crippen LogP contribution is -2.60. The maximum absolute atomic E-state index is 12.8. The van der Waals surface area contributed by atoms with Crippen LogP contribution < -0.4 is 9.64 Å². The van der Waals surface area contributed by atoms with E-state index in [1.807, 2.05) is 19.2 Å². The summed E-state index contributed by atoms with van der Waals surface area (Å²) in [4.78, 5) is 21.0. The van der Waals surface area contributed by atoms with E-state index in [1.54, 1.807) is 34.1 Å². The van der Waals surface area contributed by atoms with Crippen molar-refractivity contribution in [3.05, 3.63) is 42.4 Å². The fraction of sp³-hybridized carbons (Fsp3) is 0.450. The Morgan fingerprint density at radius 2 is 2.00 bits per heavy atom. The van der Waals surface area contributed by atoms with E-state index in [9.17, 15) is 4.79 Å². The molecule has 0 bridgehead atoms. The first-order valence-corrected chi connectivity index (χ1v) is 9.99. The summed E-state index contributed by atoms with van der Waals surface area (Å²) in [5.41, 5.74) is 1.29. The lowest BCUT2D eigenvalue weighted by Gasteiger charge is -2.44. The van der Waals surface area contributed by atoms with Crippen molar-refractivity contribution in [3.63, 3.8) is 0 Å². The van der Waals surface area contributed by atoms with E-state index >= 15 is 0 Å². The Hall–Kier alpha value is -3.23. The van der Waals surface area contributed by atoms with Gasteiger partial charge in [0.05, 0.1) is 11.6 Å². The smallest absolute Gasteiger partial charge is 0.255 e. The summed E-state index contributed by atoms with van der Waals surface area (Å²) in [6.07, 6.45) is 8.06. The third-order valence-corrected chi connectivity index (χ3v) is 5.77. The van der Waals surface area contributed by atoms with E-state index in [4.69, 9.17) is 4.74 Å². The SMILES string of the molecule is CN(C(=O)c1ccc(OC2CCCC2)nc1)C1CN(c2ccc3nncn3n2)C1. The minimum Gasteiger partial charge on any atom is -0.474 e. The van der Waals surface area contributed by atoms with Gasteiger partial charge in [-0.3, -0.25) is 4.79 Å². The number of nitrogens with zero attached hydrogens (tertiary/aromatic N) is 7. The molecule has 0 N–H and O–H groups in total. The zero-order valence-electron chi connectivity index (χ0n) is 16.3. The van der Waals surface area contributed by atoms with Crippen molar-refractivity contribution >= 4 is 17.4 Å². The van der Waals surface area contributed by atoms with Crippen LogP contribution >= 0.6 is 0 Å². The normalized spacial score (nSPS) is 17.5. The number of rotatable bonds is 5. The van der Waals surface area contributed by atoms with Gasteiger partial charge >= 0.3 is 0 Å². The highest BCUT2D eigenvalue weighted by atomic mass is 16.5. The Morgan fingerprint density at radius 1 is 1.17 bits per heavy atom. The summed E-state index contributed by atoms with van der Waals surface area (Å²) in [7, 11) is 1.84. The van der Waals surface area contributed by atoms with Crippen LogP contribution in [-0.4, -0.2) is 67.9 Å². The first kappa shape index (κ1) is 17.8. The summed E-state index contributed by atoms with van der Waals surface area (Å²) < 4.78 is 7.53. The summed E-state index contributed by atoms with van der Waals surface area (Å²) in [5, 5.41) is 12.3. The molecule has 3 aromatic heterocycles. The molecule has 1 amide bonds. The van der Waals surface area contributed by atoms with E-state index in [0.29, 0.717) is 17.1 Å². The van der Waals surface area contributed by atoms with E-state index in [1.165, 1.54) is 12.8 Å². The second kappa shape index (κ2) is 7.31. The molecule has 4 heterocycles. The number of fused-ring (bicyclic) bond motifs is 1. The lowest BCUT2D eigenvalue weighted by molar-refractivity contribution is 0.0704. The molecule has 0 spiro atoms. The van der Waals surface area contributed by atoms with Gasteiger partial charge in [-0.05, 0) is 43.9 Å². The summed E-state index contributed by atoms with van der Waals surface area (Å²) >= 11 is 0. The van der Waals surface area contributed by atoms with Crippen LogP contribution in [0.5, 0.6) is 5.88 Å². The highest BCUT2D eigenvalue weighted by Gasteiger charge is 2.34. The summed E-state index contributed by atoms with van der Waals surface area (Å²) in [6, 6.07) is 7.54. The molecular formula is C20H23N7O2. The molecule has 150 valence electrons. The molecule has 2 fully saturated rings. The first-order valence-electron chi connectivity index (χ1n) is 9.99. The zero-order chi connectivity index (χ0) is 19.8. The predicted octanol–water partition coefficient (Wildman–Crippen LogP) is 1.80. The van der Waals surface area contributed by atoms with Crippen molar-refractivity contribution in [2.24, 2.45) is 0 Å². The summed E-state index contributed by atoms with van der Waals surface area (Å²) in [5.74, 6) is 1.42. The molecule has 0 radical (unpaired) electrons. The third-order valence-electron chi connectivity index (χ3n) is 5.77. The average molecular weight is 393 g/mol. The van der Waals surface area contributed by atoms with Crippen molar-refractivity contribution in [2.75, 3.05) is 25.0 Å². The molecule has 5 rings (SSSR count). The van der Waals surface area contributed by atoms with Gasteiger partial charge in [-0.2, -0.15) is 4.52 Å². The molecule has 1 aliphatic heterocycles. The van der Waals surface area contributed by atoms with Crippen molar-refractivity contribution in [3.8, 4) is 5.88 Å². The topological polar surface area (TPSA) is 88.8 Å². The largest absolute Gasteiger partial charge is 0.474 e. The molecule has 2 aliphatic rings. The van der Waals surface area contributed by atoms with Gasteiger partial charge in [-0.15, -0.1) is 15.3 Å². The second-order valence-corrected chi connectivity index (χ2v) is 7.71. The van der Waals surface area contributed by atoms with E-state index in [2.05, 4.69) is 25.2 Å². The van der Waals surface area contributed by atoms with Gasteiger partial charge in [0.15, 0.2) is 5.65 Å². The molecular weight excluding hydrogens is 370 g/mol. The fourth-order valence-corrected chi connectivity index (χ4v) is 3.90. The maximum atomic E-state index is 12.8. The first-order chi connectivity index (χ1) is 14.2. The minimum absolute atomic E-state index is 0.0308. The van der Waals surface area contributed by atoms with E-state index in [0.717, 1.165) is 31.7 Å². The molecule has 3 aromatic rings. The van der Waals surface area contributed by atoms with Gasteiger partial charge < -0.3 is 14.5 Å². The minimum atomic E-state index is -0.0308. The molecule has 0 atom stereocenters. The number of carbonyl (C=O) groups excluding carboxylic acids is 1. The van der Waals surface area contributed by atoms with Crippen LogP contribution in [0.4, 0.5) is 5.82 Å².